The highest BCUT2D eigenvalue weighted by atomic mass is 35.5. The first kappa shape index (κ1) is 23.1. The Hall–Kier alpha value is -3.02. The van der Waals surface area contributed by atoms with Gasteiger partial charge in [-0.25, -0.2) is 0 Å². The van der Waals surface area contributed by atoms with Crippen molar-refractivity contribution in [2.75, 3.05) is 12.0 Å². The Labute approximate surface area is 199 Å². The van der Waals surface area contributed by atoms with Gasteiger partial charge < -0.3 is 19.5 Å². The van der Waals surface area contributed by atoms with Gasteiger partial charge in [0.15, 0.2) is 11.5 Å². The quantitative estimate of drug-likeness (QED) is 0.486. The van der Waals surface area contributed by atoms with E-state index in [0.717, 1.165) is 34.4 Å². The molecule has 1 aliphatic heterocycles. The van der Waals surface area contributed by atoms with Crippen LogP contribution in [0.3, 0.4) is 0 Å². The normalized spacial score (nSPS) is 16.3. The Morgan fingerprint density at radius 1 is 1.09 bits per heavy atom. The van der Waals surface area contributed by atoms with Crippen LogP contribution >= 0.6 is 11.6 Å². The highest BCUT2D eigenvalue weighted by Crippen LogP contribution is 2.43. The number of rotatable bonds is 7. The van der Waals surface area contributed by atoms with Gasteiger partial charge in [0.05, 0.1) is 32.3 Å². The minimum Gasteiger partial charge on any atom is -0.493 e. The van der Waals surface area contributed by atoms with Gasteiger partial charge in [-0.3, -0.25) is 4.79 Å². The van der Waals surface area contributed by atoms with Crippen molar-refractivity contribution < 1.29 is 19.4 Å². The van der Waals surface area contributed by atoms with Crippen LogP contribution in [-0.4, -0.2) is 24.2 Å². The van der Waals surface area contributed by atoms with E-state index in [1.807, 2.05) is 72.5 Å². The molecule has 1 aliphatic rings. The Morgan fingerprint density at radius 2 is 1.79 bits per heavy atom. The lowest BCUT2D eigenvalue weighted by atomic mass is 9.86. The van der Waals surface area contributed by atoms with Gasteiger partial charge in [-0.1, -0.05) is 42.8 Å². The van der Waals surface area contributed by atoms with Crippen molar-refractivity contribution in [3.05, 3.63) is 87.9 Å². The maximum Gasteiger partial charge on any atom is 0.232 e. The highest BCUT2D eigenvalue weighted by molar-refractivity contribution is 6.30. The zero-order chi connectivity index (χ0) is 23.5. The maximum atomic E-state index is 13.4. The smallest absolute Gasteiger partial charge is 0.232 e. The number of nitrogens with zero attached hydrogens (tertiary/aromatic N) is 1. The van der Waals surface area contributed by atoms with Crippen LogP contribution in [0.5, 0.6) is 11.5 Å². The summed E-state index contributed by atoms with van der Waals surface area (Å²) in [5.41, 5.74) is 4.40. The van der Waals surface area contributed by atoms with Crippen molar-refractivity contribution in [1.29, 1.82) is 0 Å². The summed E-state index contributed by atoms with van der Waals surface area (Å²) in [5.74, 6) is 1.27. The monoisotopic (exact) mass is 465 g/mol. The zero-order valence-electron chi connectivity index (χ0n) is 19.0. The van der Waals surface area contributed by atoms with Crippen LogP contribution in [0, 0.1) is 0 Å². The molecule has 4 rings (SSSR count). The van der Waals surface area contributed by atoms with E-state index in [-0.39, 0.29) is 31.1 Å². The molecule has 0 bridgehead atoms. The fourth-order valence-electron chi connectivity index (χ4n) is 4.14. The van der Waals surface area contributed by atoms with Crippen molar-refractivity contribution in [3.8, 4) is 11.5 Å². The third kappa shape index (κ3) is 4.70. The number of ether oxygens (including phenoxy) is 2. The topological polar surface area (TPSA) is 59.0 Å². The van der Waals surface area contributed by atoms with Crippen LogP contribution in [0.2, 0.25) is 5.02 Å². The first-order valence-corrected chi connectivity index (χ1v) is 11.5. The number of hydrogen-bond donors (Lipinski definition) is 1. The molecule has 6 heteroatoms. The summed E-state index contributed by atoms with van der Waals surface area (Å²) in [5, 5.41) is 10.1. The molecule has 1 heterocycles. The van der Waals surface area contributed by atoms with Crippen molar-refractivity contribution in [3.63, 3.8) is 0 Å². The third-order valence-corrected chi connectivity index (χ3v) is 6.33. The van der Waals surface area contributed by atoms with Gasteiger partial charge in [0.25, 0.3) is 0 Å². The average molecular weight is 466 g/mol. The minimum atomic E-state index is -0.358. The molecule has 5 nitrogen and oxygen atoms in total. The lowest BCUT2D eigenvalue weighted by Gasteiger charge is -2.38. The molecule has 0 saturated heterocycles. The summed E-state index contributed by atoms with van der Waals surface area (Å²) in [6.07, 6.45) is 1.14. The molecule has 0 aliphatic carbocycles. The second-order valence-corrected chi connectivity index (χ2v) is 8.69. The van der Waals surface area contributed by atoms with Crippen molar-refractivity contribution in [2.45, 2.75) is 45.4 Å². The first-order chi connectivity index (χ1) is 15.9. The molecule has 3 aromatic carbocycles. The largest absolute Gasteiger partial charge is 0.493 e. The maximum absolute atomic E-state index is 13.4. The molecule has 0 radical (unpaired) electrons. The number of benzene rings is 3. The van der Waals surface area contributed by atoms with E-state index >= 15 is 0 Å². The van der Waals surface area contributed by atoms with E-state index < -0.39 is 0 Å². The van der Waals surface area contributed by atoms with Crippen molar-refractivity contribution in [1.82, 2.24) is 0 Å². The van der Waals surface area contributed by atoms with Crippen LogP contribution in [0.4, 0.5) is 5.69 Å². The Bertz CT molecular complexity index is 1130. The molecule has 0 saturated carbocycles. The molecular formula is C27H28ClNO4. The number of amides is 1. The number of aliphatic hydroxyl groups is 1. The van der Waals surface area contributed by atoms with Crippen LogP contribution in [0.1, 0.15) is 48.6 Å². The van der Waals surface area contributed by atoms with E-state index in [1.165, 1.54) is 0 Å². The molecule has 0 aromatic heterocycles. The summed E-state index contributed by atoms with van der Waals surface area (Å²) < 4.78 is 11.8. The summed E-state index contributed by atoms with van der Waals surface area (Å²) in [6.45, 7) is 4.05. The van der Waals surface area contributed by atoms with E-state index in [0.29, 0.717) is 16.5 Å². The van der Waals surface area contributed by atoms with Crippen LogP contribution in [-0.2, 0) is 17.8 Å². The third-order valence-electron chi connectivity index (χ3n) is 6.07. The van der Waals surface area contributed by atoms with Crippen molar-refractivity contribution in [2.24, 2.45) is 0 Å². The molecule has 1 unspecified atom stereocenters. The highest BCUT2D eigenvalue weighted by Gasteiger charge is 2.36. The number of carbonyl (C=O) groups is 1. The second-order valence-electron chi connectivity index (χ2n) is 8.26. The number of aliphatic hydroxyl groups excluding tert-OH is 1. The first-order valence-electron chi connectivity index (χ1n) is 11.1. The summed E-state index contributed by atoms with van der Waals surface area (Å²) in [6, 6.07) is 18.5. The van der Waals surface area contributed by atoms with Gasteiger partial charge in [-0.2, -0.15) is 0 Å². The SMILES string of the molecule is CC[C@@H](C)Oc1cc2c(cc1OC)CC(=O)N(c1ccc(CO)cc1)C2c1ccc(Cl)cc1. The predicted octanol–water partition coefficient (Wildman–Crippen LogP) is 5.70. The Kier molecular flexibility index (Phi) is 6.91. The lowest BCUT2D eigenvalue weighted by Crippen LogP contribution is -2.41. The number of halogens is 1. The van der Waals surface area contributed by atoms with Gasteiger partial charge in [-0.05, 0) is 72.0 Å². The lowest BCUT2D eigenvalue weighted by molar-refractivity contribution is -0.118. The van der Waals surface area contributed by atoms with E-state index in [2.05, 4.69) is 6.92 Å². The van der Waals surface area contributed by atoms with Gasteiger partial charge >= 0.3 is 0 Å². The standard InChI is InChI=1S/C27H28ClNO4/c1-4-17(2)33-25-15-23-20(13-24(25)32-3)14-26(31)29(22-11-5-18(16-30)6-12-22)27(23)19-7-9-21(28)10-8-19/h5-13,15,17,27,30H,4,14,16H2,1-3H3/t17-,27?/m1/s1. The molecule has 33 heavy (non-hydrogen) atoms. The molecule has 1 amide bonds. The van der Waals surface area contributed by atoms with Crippen molar-refractivity contribution >= 4 is 23.2 Å². The number of methoxy groups -OCH3 is 1. The average Bonchev–Trinajstić information content (AvgIpc) is 2.83. The van der Waals surface area contributed by atoms with Gasteiger partial charge in [0, 0.05) is 10.7 Å². The molecule has 1 N–H and O–H groups in total. The molecule has 172 valence electrons. The number of hydrogen-bond acceptors (Lipinski definition) is 4. The van der Waals surface area contributed by atoms with Gasteiger partial charge in [0.1, 0.15) is 0 Å². The molecule has 0 spiro atoms. The Morgan fingerprint density at radius 3 is 2.39 bits per heavy atom. The molecule has 0 fully saturated rings. The van der Waals surface area contributed by atoms with Gasteiger partial charge in [0.2, 0.25) is 5.91 Å². The number of carbonyl (C=O) groups excluding carboxylic acids is 1. The predicted molar refractivity (Wildman–Crippen MR) is 130 cm³/mol. The molecule has 2 atom stereocenters. The summed E-state index contributed by atoms with van der Waals surface area (Å²) >= 11 is 6.16. The zero-order valence-corrected chi connectivity index (χ0v) is 19.8. The molecule has 3 aromatic rings. The summed E-state index contributed by atoms with van der Waals surface area (Å²) in [7, 11) is 1.61. The van der Waals surface area contributed by atoms with E-state index in [9.17, 15) is 9.90 Å². The van der Waals surface area contributed by atoms with E-state index in [4.69, 9.17) is 21.1 Å². The van der Waals surface area contributed by atoms with Crippen LogP contribution < -0.4 is 14.4 Å². The number of fused-ring (bicyclic) bond motifs is 1. The Balaban J connectivity index is 1.89. The summed E-state index contributed by atoms with van der Waals surface area (Å²) in [4.78, 5) is 15.3. The van der Waals surface area contributed by atoms with E-state index in [1.54, 1.807) is 7.11 Å². The van der Waals surface area contributed by atoms with Crippen LogP contribution in [0.25, 0.3) is 0 Å². The fraction of sp³-hybridized carbons (Fsp3) is 0.296. The second kappa shape index (κ2) is 9.86. The van der Waals surface area contributed by atoms with Gasteiger partial charge in [-0.15, -0.1) is 0 Å². The minimum absolute atomic E-state index is 0.0168. The fourth-order valence-corrected chi connectivity index (χ4v) is 4.26. The molecular weight excluding hydrogens is 438 g/mol. The number of anilines is 1. The van der Waals surface area contributed by atoms with Crippen LogP contribution in [0.15, 0.2) is 60.7 Å².